The molecule has 120 valence electrons. The summed E-state index contributed by atoms with van der Waals surface area (Å²) in [4.78, 5) is 33.7. The van der Waals surface area contributed by atoms with Crippen molar-refractivity contribution in [3.63, 3.8) is 0 Å². The summed E-state index contributed by atoms with van der Waals surface area (Å²) in [6, 6.07) is 0. The predicted octanol–water partition coefficient (Wildman–Crippen LogP) is 1.17. The van der Waals surface area contributed by atoms with Crippen LogP contribution in [-0.2, 0) is 22.5 Å². The quantitative estimate of drug-likeness (QED) is 0.890. The van der Waals surface area contributed by atoms with Gasteiger partial charge in [-0.2, -0.15) is 0 Å². The summed E-state index contributed by atoms with van der Waals surface area (Å²) in [6.07, 6.45) is 4.60. The molecule has 1 aromatic rings. The van der Waals surface area contributed by atoms with Crippen LogP contribution in [0.15, 0.2) is 4.79 Å². The molecule has 1 aliphatic carbocycles. The fraction of sp³-hybridized carbons (Fsp3) is 0.688. The van der Waals surface area contributed by atoms with Crippen LogP contribution in [0.3, 0.4) is 0 Å². The molecule has 1 fully saturated rings. The number of amides is 1. The number of aryl methyl sites for hydroxylation is 1. The van der Waals surface area contributed by atoms with Crippen molar-refractivity contribution < 1.29 is 9.53 Å². The van der Waals surface area contributed by atoms with Crippen LogP contribution in [0, 0.1) is 12.8 Å². The molecular formula is C16H23N3O3. The maximum atomic E-state index is 12.7. The summed E-state index contributed by atoms with van der Waals surface area (Å²) in [5.41, 5.74) is 1.38. The van der Waals surface area contributed by atoms with E-state index in [-0.39, 0.29) is 17.4 Å². The number of nitrogens with zero attached hydrogens (tertiary/aromatic N) is 2. The van der Waals surface area contributed by atoms with Gasteiger partial charge in [-0.05, 0) is 32.6 Å². The van der Waals surface area contributed by atoms with Crippen molar-refractivity contribution in [2.45, 2.75) is 51.7 Å². The highest BCUT2D eigenvalue weighted by atomic mass is 16.5. The molecule has 1 aliphatic heterocycles. The van der Waals surface area contributed by atoms with E-state index >= 15 is 0 Å². The van der Waals surface area contributed by atoms with Gasteiger partial charge in [-0.15, -0.1) is 0 Å². The van der Waals surface area contributed by atoms with E-state index in [0.29, 0.717) is 37.0 Å². The molecule has 0 bridgehead atoms. The molecule has 0 unspecified atom stereocenters. The van der Waals surface area contributed by atoms with Crippen LogP contribution >= 0.6 is 0 Å². The first kappa shape index (κ1) is 15.2. The third kappa shape index (κ3) is 2.92. The van der Waals surface area contributed by atoms with Gasteiger partial charge < -0.3 is 14.6 Å². The monoisotopic (exact) mass is 305 g/mol. The molecule has 2 heterocycles. The topological polar surface area (TPSA) is 75.3 Å². The van der Waals surface area contributed by atoms with E-state index in [0.717, 1.165) is 31.4 Å². The van der Waals surface area contributed by atoms with Crippen LogP contribution in [0.4, 0.5) is 0 Å². The minimum Gasteiger partial charge on any atom is -0.381 e. The van der Waals surface area contributed by atoms with E-state index in [1.54, 1.807) is 14.0 Å². The van der Waals surface area contributed by atoms with E-state index in [1.165, 1.54) is 0 Å². The number of rotatable bonds is 2. The van der Waals surface area contributed by atoms with Gasteiger partial charge in [0.25, 0.3) is 5.56 Å². The lowest BCUT2D eigenvalue weighted by Crippen LogP contribution is -2.43. The second-order valence-electron chi connectivity index (χ2n) is 6.30. The van der Waals surface area contributed by atoms with Gasteiger partial charge in [-0.25, -0.2) is 4.98 Å². The predicted molar refractivity (Wildman–Crippen MR) is 81.5 cm³/mol. The molecular weight excluding hydrogens is 282 g/mol. The smallest absolute Gasteiger partial charge is 0.256 e. The normalized spacial score (nSPS) is 24.9. The Bertz CT molecular complexity index is 618. The Morgan fingerprint density at radius 1 is 1.32 bits per heavy atom. The first-order valence-electron chi connectivity index (χ1n) is 7.98. The van der Waals surface area contributed by atoms with Crippen molar-refractivity contribution >= 4 is 5.91 Å². The number of hydrogen-bond donors (Lipinski definition) is 1. The Morgan fingerprint density at radius 2 is 2.05 bits per heavy atom. The van der Waals surface area contributed by atoms with Gasteiger partial charge in [0.1, 0.15) is 5.82 Å². The molecule has 3 rings (SSSR count). The van der Waals surface area contributed by atoms with Crippen molar-refractivity contribution in [3.8, 4) is 0 Å². The first-order chi connectivity index (χ1) is 10.6. The number of aromatic amines is 1. The van der Waals surface area contributed by atoms with Crippen LogP contribution in [-0.4, -0.2) is 40.5 Å². The summed E-state index contributed by atoms with van der Waals surface area (Å²) >= 11 is 0. The number of fused-ring (bicyclic) bond motifs is 1. The van der Waals surface area contributed by atoms with Gasteiger partial charge in [0.05, 0.1) is 23.9 Å². The molecule has 1 N–H and O–H groups in total. The summed E-state index contributed by atoms with van der Waals surface area (Å²) in [7, 11) is 1.73. The summed E-state index contributed by atoms with van der Waals surface area (Å²) in [6.45, 7) is 2.83. The second kappa shape index (κ2) is 6.20. The molecule has 1 amide bonds. The number of carbonyl (C=O) groups excluding carboxylic acids is 1. The molecule has 0 saturated heterocycles. The highest BCUT2D eigenvalue weighted by Gasteiger charge is 2.32. The molecule has 6 nitrogen and oxygen atoms in total. The lowest BCUT2D eigenvalue weighted by Gasteiger charge is -2.33. The van der Waals surface area contributed by atoms with Gasteiger partial charge in [-0.1, -0.05) is 0 Å². The number of carbonyl (C=O) groups is 1. The average Bonchev–Trinajstić information content (AvgIpc) is 2.54. The Hall–Kier alpha value is -1.69. The fourth-order valence-corrected chi connectivity index (χ4v) is 3.54. The maximum absolute atomic E-state index is 12.7. The molecule has 0 aromatic carbocycles. The molecule has 1 saturated carbocycles. The molecule has 1 aromatic heterocycles. The third-order valence-corrected chi connectivity index (χ3v) is 4.86. The van der Waals surface area contributed by atoms with Gasteiger partial charge in [0, 0.05) is 26.0 Å². The summed E-state index contributed by atoms with van der Waals surface area (Å²) in [5.74, 6) is 0.895. The Kier molecular flexibility index (Phi) is 4.29. The number of aromatic nitrogens is 2. The number of hydrogen-bond acceptors (Lipinski definition) is 4. The lowest BCUT2D eigenvalue weighted by atomic mass is 9.86. The zero-order valence-corrected chi connectivity index (χ0v) is 13.2. The van der Waals surface area contributed by atoms with E-state index in [4.69, 9.17) is 4.74 Å². The van der Waals surface area contributed by atoms with Gasteiger partial charge in [0.15, 0.2) is 0 Å². The van der Waals surface area contributed by atoms with Gasteiger partial charge >= 0.3 is 0 Å². The van der Waals surface area contributed by atoms with Crippen molar-refractivity contribution in [2.24, 2.45) is 5.92 Å². The van der Waals surface area contributed by atoms with E-state index < -0.39 is 0 Å². The lowest BCUT2D eigenvalue weighted by molar-refractivity contribution is -0.138. The summed E-state index contributed by atoms with van der Waals surface area (Å²) < 4.78 is 5.36. The Morgan fingerprint density at radius 3 is 2.73 bits per heavy atom. The molecule has 0 atom stereocenters. The van der Waals surface area contributed by atoms with Gasteiger partial charge in [0.2, 0.25) is 5.91 Å². The van der Waals surface area contributed by atoms with Crippen molar-refractivity contribution in [1.29, 1.82) is 0 Å². The SMILES string of the molecule is COC1CCC(C(=O)N2CCc3nc(C)[nH]c(=O)c3C2)CC1. The van der Waals surface area contributed by atoms with Crippen LogP contribution in [0.5, 0.6) is 0 Å². The minimum atomic E-state index is -0.108. The van der Waals surface area contributed by atoms with E-state index in [1.807, 2.05) is 4.90 Å². The van der Waals surface area contributed by atoms with E-state index in [2.05, 4.69) is 9.97 Å². The second-order valence-corrected chi connectivity index (χ2v) is 6.30. The molecule has 6 heteroatoms. The number of ether oxygens (including phenoxy) is 1. The Balaban J connectivity index is 1.69. The van der Waals surface area contributed by atoms with E-state index in [9.17, 15) is 9.59 Å². The largest absolute Gasteiger partial charge is 0.381 e. The number of methoxy groups -OCH3 is 1. The first-order valence-corrected chi connectivity index (χ1v) is 7.98. The molecule has 0 spiro atoms. The average molecular weight is 305 g/mol. The Labute approximate surface area is 129 Å². The zero-order valence-electron chi connectivity index (χ0n) is 13.2. The van der Waals surface area contributed by atoms with Crippen LogP contribution in [0.25, 0.3) is 0 Å². The van der Waals surface area contributed by atoms with Crippen molar-refractivity contribution in [1.82, 2.24) is 14.9 Å². The molecule has 0 radical (unpaired) electrons. The maximum Gasteiger partial charge on any atom is 0.256 e. The fourth-order valence-electron chi connectivity index (χ4n) is 3.54. The van der Waals surface area contributed by atoms with Gasteiger partial charge in [-0.3, -0.25) is 9.59 Å². The standard InChI is InChI=1S/C16H23N3O3/c1-10-17-14-7-8-19(9-13(14)15(20)18-10)16(21)11-3-5-12(22-2)6-4-11/h11-12H,3-9H2,1-2H3,(H,17,18,20). The highest BCUT2D eigenvalue weighted by molar-refractivity contribution is 5.79. The van der Waals surface area contributed by atoms with Crippen LogP contribution in [0.1, 0.15) is 42.8 Å². The molecule has 22 heavy (non-hydrogen) atoms. The van der Waals surface area contributed by atoms with Crippen molar-refractivity contribution in [2.75, 3.05) is 13.7 Å². The highest BCUT2D eigenvalue weighted by Crippen LogP contribution is 2.28. The molecule has 2 aliphatic rings. The van der Waals surface area contributed by atoms with Crippen LogP contribution in [0.2, 0.25) is 0 Å². The number of nitrogens with one attached hydrogen (secondary N) is 1. The minimum absolute atomic E-state index is 0.0745. The van der Waals surface area contributed by atoms with Crippen LogP contribution < -0.4 is 5.56 Å². The zero-order chi connectivity index (χ0) is 15.7. The van der Waals surface area contributed by atoms with Crippen molar-refractivity contribution in [3.05, 3.63) is 27.4 Å². The summed E-state index contributed by atoms with van der Waals surface area (Å²) in [5, 5.41) is 0. The number of H-pyrrole nitrogens is 1. The third-order valence-electron chi connectivity index (χ3n) is 4.86.